The molecule has 0 aliphatic heterocycles. The summed E-state index contributed by atoms with van der Waals surface area (Å²) in [5, 5.41) is 2.81. The van der Waals surface area contributed by atoms with Crippen LogP contribution in [0.15, 0.2) is 30.9 Å². The highest BCUT2D eigenvalue weighted by atomic mass is 16.5. The lowest BCUT2D eigenvalue weighted by Gasteiger charge is -2.13. The second-order valence-electron chi connectivity index (χ2n) is 4.97. The number of amides is 1. The van der Waals surface area contributed by atoms with Crippen molar-refractivity contribution < 1.29 is 14.3 Å². The molecule has 1 aliphatic rings. The number of imidazole rings is 1. The number of carbonyl (C=O) groups excluding carboxylic acids is 2. The van der Waals surface area contributed by atoms with Crippen LogP contribution < -0.4 is 5.32 Å². The smallest absolute Gasteiger partial charge is 0.339 e. The molecule has 0 radical (unpaired) electrons. The van der Waals surface area contributed by atoms with Gasteiger partial charge in [-0.15, -0.1) is 0 Å². The van der Waals surface area contributed by atoms with Gasteiger partial charge in [0.1, 0.15) is 0 Å². The van der Waals surface area contributed by atoms with Crippen molar-refractivity contribution in [2.24, 2.45) is 0 Å². The summed E-state index contributed by atoms with van der Waals surface area (Å²) in [6.45, 7) is 1.58. The number of nitrogens with zero attached hydrogens (tertiary/aromatic N) is 2. The molecule has 6 heteroatoms. The molecule has 0 bridgehead atoms. The fourth-order valence-corrected chi connectivity index (χ4v) is 1.87. The van der Waals surface area contributed by atoms with E-state index in [9.17, 15) is 9.59 Å². The van der Waals surface area contributed by atoms with Crippen LogP contribution in [-0.2, 0) is 9.53 Å². The van der Waals surface area contributed by atoms with E-state index in [-0.39, 0.29) is 11.9 Å². The summed E-state index contributed by atoms with van der Waals surface area (Å²) in [4.78, 5) is 27.7. The molecule has 1 saturated carbocycles. The molecule has 1 aliphatic carbocycles. The summed E-state index contributed by atoms with van der Waals surface area (Å²) < 4.78 is 6.96. The largest absolute Gasteiger partial charge is 0.449 e. The molecule has 20 heavy (non-hydrogen) atoms. The molecule has 1 atom stereocenters. The normalized spacial score (nSPS) is 15.8. The number of ether oxygens (including phenoxy) is 1. The number of carbonyl (C=O) groups is 2. The van der Waals surface area contributed by atoms with Crippen LogP contribution in [0.4, 0.5) is 0 Å². The van der Waals surface area contributed by atoms with Gasteiger partial charge in [-0.2, -0.15) is 0 Å². The van der Waals surface area contributed by atoms with Gasteiger partial charge in [0.25, 0.3) is 5.91 Å². The Labute approximate surface area is 115 Å². The standard InChI is InChI=1S/C14H15N3O3/c1-9(13(18)16-11-2-3-11)20-14(19)10-4-5-17-8-15-7-12(17)6-10/h4-9,11H,2-3H2,1H3,(H,16,18)/t9-/m0/s1. The molecular weight excluding hydrogens is 258 g/mol. The maximum Gasteiger partial charge on any atom is 0.339 e. The number of rotatable bonds is 4. The van der Waals surface area contributed by atoms with Crippen LogP contribution in [-0.4, -0.2) is 33.4 Å². The Morgan fingerprint density at radius 3 is 3.05 bits per heavy atom. The Morgan fingerprint density at radius 2 is 2.30 bits per heavy atom. The minimum Gasteiger partial charge on any atom is -0.449 e. The Kier molecular flexibility index (Phi) is 3.14. The topological polar surface area (TPSA) is 72.7 Å². The molecule has 3 rings (SSSR count). The van der Waals surface area contributed by atoms with Crippen molar-refractivity contribution in [2.45, 2.75) is 31.9 Å². The number of aromatic nitrogens is 2. The van der Waals surface area contributed by atoms with E-state index in [0.29, 0.717) is 5.56 Å². The van der Waals surface area contributed by atoms with E-state index in [0.717, 1.165) is 18.4 Å². The van der Waals surface area contributed by atoms with Gasteiger partial charge in [-0.05, 0) is 31.9 Å². The fraction of sp³-hybridized carbons (Fsp3) is 0.357. The molecule has 0 spiro atoms. The maximum absolute atomic E-state index is 12.0. The van der Waals surface area contributed by atoms with Crippen molar-refractivity contribution in [1.29, 1.82) is 0 Å². The summed E-state index contributed by atoms with van der Waals surface area (Å²) in [6, 6.07) is 3.58. The van der Waals surface area contributed by atoms with Gasteiger partial charge in [-0.1, -0.05) is 0 Å². The van der Waals surface area contributed by atoms with Crippen molar-refractivity contribution in [3.8, 4) is 0 Å². The number of hydrogen-bond donors (Lipinski definition) is 1. The van der Waals surface area contributed by atoms with Gasteiger partial charge < -0.3 is 14.5 Å². The second-order valence-corrected chi connectivity index (χ2v) is 4.97. The first-order valence-electron chi connectivity index (χ1n) is 6.56. The predicted molar refractivity (Wildman–Crippen MR) is 71.2 cm³/mol. The van der Waals surface area contributed by atoms with Crippen LogP contribution >= 0.6 is 0 Å². The summed E-state index contributed by atoms with van der Waals surface area (Å²) in [5.41, 5.74) is 1.21. The van der Waals surface area contributed by atoms with E-state index in [1.807, 2.05) is 0 Å². The fourth-order valence-electron chi connectivity index (χ4n) is 1.87. The van der Waals surface area contributed by atoms with Gasteiger partial charge in [0.05, 0.1) is 23.6 Å². The van der Waals surface area contributed by atoms with Crippen molar-refractivity contribution in [1.82, 2.24) is 14.7 Å². The van der Waals surface area contributed by atoms with E-state index in [4.69, 9.17) is 4.74 Å². The molecule has 2 heterocycles. The van der Waals surface area contributed by atoms with Gasteiger partial charge in [-0.3, -0.25) is 4.79 Å². The zero-order valence-corrected chi connectivity index (χ0v) is 11.1. The highest BCUT2D eigenvalue weighted by Gasteiger charge is 2.27. The van der Waals surface area contributed by atoms with Crippen molar-refractivity contribution in [2.75, 3.05) is 0 Å². The van der Waals surface area contributed by atoms with Crippen molar-refractivity contribution in [3.63, 3.8) is 0 Å². The van der Waals surface area contributed by atoms with Gasteiger partial charge in [-0.25, -0.2) is 9.78 Å². The lowest BCUT2D eigenvalue weighted by atomic mass is 10.2. The minimum absolute atomic E-state index is 0.244. The molecular formula is C14H15N3O3. The highest BCUT2D eigenvalue weighted by Crippen LogP contribution is 2.19. The summed E-state index contributed by atoms with van der Waals surface area (Å²) >= 11 is 0. The van der Waals surface area contributed by atoms with Gasteiger partial charge in [0, 0.05) is 12.2 Å². The van der Waals surface area contributed by atoms with Crippen LogP contribution in [0.5, 0.6) is 0 Å². The van der Waals surface area contributed by atoms with Gasteiger partial charge in [0.2, 0.25) is 0 Å². The SMILES string of the molecule is C[C@H](OC(=O)c1ccn2cncc2c1)C(=O)NC1CC1. The number of esters is 1. The average Bonchev–Trinajstić information content (AvgIpc) is 3.12. The zero-order valence-electron chi connectivity index (χ0n) is 11.1. The lowest BCUT2D eigenvalue weighted by Crippen LogP contribution is -2.37. The third kappa shape index (κ3) is 2.64. The Morgan fingerprint density at radius 1 is 1.50 bits per heavy atom. The van der Waals surface area contributed by atoms with Crippen LogP contribution in [0.1, 0.15) is 30.1 Å². The minimum atomic E-state index is -0.788. The van der Waals surface area contributed by atoms with Crippen LogP contribution in [0, 0.1) is 0 Å². The number of fused-ring (bicyclic) bond motifs is 1. The van der Waals surface area contributed by atoms with E-state index >= 15 is 0 Å². The second kappa shape index (κ2) is 4.96. The quantitative estimate of drug-likeness (QED) is 0.848. The Hall–Kier alpha value is -2.37. The molecule has 0 aromatic carbocycles. The van der Waals surface area contributed by atoms with Crippen molar-refractivity contribution >= 4 is 17.4 Å². The van der Waals surface area contributed by atoms with Gasteiger partial charge >= 0.3 is 5.97 Å². The molecule has 104 valence electrons. The van der Waals surface area contributed by atoms with E-state index in [1.54, 1.807) is 42.2 Å². The van der Waals surface area contributed by atoms with Crippen molar-refractivity contribution in [3.05, 3.63) is 36.4 Å². The monoisotopic (exact) mass is 273 g/mol. The number of hydrogen-bond acceptors (Lipinski definition) is 4. The van der Waals surface area contributed by atoms with Crippen LogP contribution in [0.3, 0.4) is 0 Å². The molecule has 1 N–H and O–H groups in total. The Balaban J connectivity index is 1.66. The molecule has 2 aromatic rings. The summed E-state index contributed by atoms with van der Waals surface area (Å²) in [5.74, 6) is -0.751. The van der Waals surface area contributed by atoms with Gasteiger partial charge in [0.15, 0.2) is 6.10 Å². The molecule has 6 nitrogen and oxygen atoms in total. The first-order chi connectivity index (χ1) is 9.63. The first-order valence-corrected chi connectivity index (χ1v) is 6.56. The lowest BCUT2D eigenvalue weighted by molar-refractivity contribution is -0.129. The van der Waals surface area contributed by atoms with Crippen LogP contribution in [0.25, 0.3) is 5.52 Å². The van der Waals surface area contributed by atoms with Crippen LogP contribution in [0.2, 0.25) is 0 Å². The summed E-state index contributed by atoms with van der Waals surface area (Å²) in [7, 11) is 0. The third-order valence-corrected chi connectivity index (χ3v) is 3.23. The molecule has 0 saturated heterocycles. The third-order valence-electron chi connectivity index (χ3n) is 3.23. The average molecular weight is 273 g/mol. The van der Waals surface area contributed by atoms with E-state index in [1.165, 1.54) is 0 Å². The molecule has 0 unspecified atom stereocenters. The molecule has 1 fully saturated rings. The Bertz CT molecular complexity index is 660. The number of nitrogens with one attached hydrogen (secondary N) is 1. The zero-order chi connectivity index (χ0) is 14.1. The van der Waals surface area contributed by atoms with E-state index in [2.05, 4.69) is 10.3 Å². The van der Waals surface area contributed by atoms with E-state index < -0.39 is 12.1 Å². The molecule has 2 aromatic heterocycles. The summed E-state index contributed by atoms with van der Waals surface area (Å²) in [6.07, 6.45) is 6.25. The predicted octanol–water partition coefficient (Wildman–Crippen LogP) is 1.16. The number of pyridine rings is 1. The highest BCUT2D eigenvalue weighted by molar-refractivity contribution is 5.93. The molecule has 1 amide bonds. The first kappa shape index (κ1) is 12.7. The maximum atomic E-state index is 12.0.